The zero-order valence-corrected chi connectivity index (χ0v) is 13.2. The Hall–Kier alpha value is -0.750. The van der Waals surface area contributed by atoms with E-state index in [9.17, 15) is 0 Å². The monoisotopic (exact) mass is 337 g/mol. The van der Waals surface area contributed by atoms with Crippen molar-refractivity contribution in [2.75, 3.05) is 26.7 Å². The van der Waals surface area contributed by atoms with Gasteiger partial charge in [0.15, 0.2) is 0 Å². The number of benzene rings is 1. The van der Waals surface area contributed by atoms with Gasteiger partial charge in [0.05, 0.1) is 11.7 Å². The summed E-state index contributed by atoms with van der Waals surface area (Å²) in [5, 5.41) is 6.71. The Kier molecular flexibility index (Phi) is 3.98. The van der Waals surface area contributed by atoms with Crippen molar-refractivity contribution in [1.82, 2.24) is 15.2 Å². The third-order valence-electron chi connectivity index (χ3n) is 3.48. The van der Waals surface area contributed by atoms with Crippen LogP contribution >= 0.6 is 27.3 Å². The van der Waals surface area contributed by atoms with Crippen LogP contribution in [0.15, 0.2) is 34.1 Å². The van der Waals surface area contributed by atoms with Gasteiger partial charge in [0.1, 0.15) is 5.01 Å². The molecule has 1 atom stereocenters. The molecule has 0 amide bonds. The number of piperazine rings is 1. The molecule has 1 unspecified atom stereocenters. The summed E-state index contributed by atoms with van der Waals surface area (Å²) in [5.74, 6) is 0. The predicted molar refractivity (Wildman–Crippen MR) is 83.5 cm³/mol. The molecule has 0 radical (unpaired) electrons. The molecule has 1 aromatic carbocycles. The Morgan fingerprint density at radius 3 is 3.05 bits per heavy atom. The first-order valence-electron chi connectivity index (χ1n) is 6.37. The standard InChI is InChI=1S/C14H16BrN3S/c1-18-7-6-16-8-13(18)12-9-19-14(17-12)10-4-2-3-5-11(10)15/h2-5,9,13,16H,6-8H2,1H3. The van der Waals surface area contributed by atoms with Crippen LogP contribution in [0.4, 0.5) is 0 Å². The van der Waals surface area contributed by atoms with Gasteiger partial charge in [-0.05, 0) is 13.1 Å². The maximum Gasteiger partial charge on any atom is 0.124 e. The van der Waals surface area contributed by atoms with E-state index < -0.39 is 0 Å². The molecule has 2 heterocycles. The van der Waals surface area contributed by atoms with E-state index in [1.54, 1.807) is 11.3 Å². The fraction of sp³-hybridized carbons (Fsp3) is 0.357. The Labute approximate surface area is 125 Å². The van der Waals surface area contributed by atoms with Crippen LogP contribution in [0.2, 0.25) is 0 Å². The van der Waals surface area contributed by atoms with Crippen LogP contribution < -0.4 is 5.32 Å². The summed E-state index contributed by atoms with van der Waals surface area (Å²) in [4.78, 5) is 7.19. The fourth-order valence-corrected chi connectivity index (χ4v) is 3.84. The molecule has 1 aromatic heterocycles. The molecule has 1 fully saturated rings. The zero-order valence-electron chi connectivity index (χ0n) is 10.8. The summed E-state index contributed by atoms with van der Waals surface area (Å²) in [6.45, 7) is 3.12. The molecular formula is C14H16BrN3S. The average Bonchev–Trinajstić information content (AvgIpc) is 2.89. The van der Waals surface area contributed by atoms with Crippen LogP contribution in [-0.4, -0.2) is 36.6 Å². The Morgan fingerprint density at radius 2 is 2.26 bits per heavy atom. The molecular weight excluding hydrogens is 322 g/mol. The largest absolute Gasteiger partial charge is 0.313 e. The van der Waals surface area contributed by atoms with Gasteiger partial charge in [-0.1, -0.05) is 34.1 Å². The minimum absolute atomic E-state index is 0.390. The van der Waals surface area contributed by atoms with Gasteiger partial charge in [-0.3, -0.25) is 4.90 Å². The molecule has 2 aromatic rings. The lowest BCUT2D eigenvalue weighted by molar-refractivity contribution is 0.199. The molecule has 0 spiro atoms. The molecule has 3 rings (SSSR count). The highest BCUT2D eigenvalue weighted by Crippen LogP contribution is 2.32. The number of hydrogen-bond acceptors (Lipinski definition) is 4. The van der Waals surface area contributed by atoms with E-state index in [-0.39, 0.29) is 0 Å². The van der Waals surface area contributed by atoms with Crippen molar-refractivity contribution in [3.05, 3.63) is 39.8 Å². The third-order valence-corrected chi connectivity index (χ3v) is 5.06. The van der Waals surface area contributed by atoms with E-state index in [1.165, 1.54) is 11.3 Å². The summed E-state index contributed by atoms with van der Waals surface area (Å²) in [6.07, 6.45) is 0. The first-order chi connectivity index (χ1) is 9.25. The fourth-order valence-electron chi connectivity index (χ4n) is 2.33. The number of thiazole rings is 1. The van der Waals surface area contributed by atoms with Crippen LogP contribution in [0.1, 0.15) is 11.7 Å². The molecule has 1 aliphatic heterocycles. The van der Waals surface area contributed by atoms with Gasteiger partial charge < -0.3 is 5.32 Å². The highest BCUT2D eigenvalue weighted by molar-refractivity contribution is 9.10. The summed E-state index contributed by atoms with van der Waals surface area (Å²) < 4.78 is 1.10. The van der Waals surface area contributed by atoms with Crippen molar-refractivity contribution in [3.8, 4) is 10.6 Å². The first kappa shape index (κ1) is 13.2. The lowest BCUT2D eigenvalue weighted by Gasteiger charge is -2.31. The lowest BCUT2D eigenvalue weighted by Crippen LogP contribution is -2.43. The number of aromatic nitrogens is 1. The summed E-state index contributed by atoms with van der Waals surface area (Å²) in [6, 6.07) is 8.64. The molecule has 100 valence electrons. The summed E-state index contributed by atoms with van der Waals surface area (Å²) in [7, 11) is 2.17. The van der Waals surface area contributed by atoms with E-state index in [1.807, 2.05) is 6.07 Å². The molecule has 3 nitrogen and oxygen atoms in total. The quantitative estimate of drug-likeness (QED) is 0.912. The number of halogens is 1. The summed E-state index contributed by atoms with van der Waals surface area (Å²) in [5.41, 5.74) is 2.34. The Bertz CT molecular complexity index is 569. The van der Waals surface area contributed by atoms with E-state index in [0.717, 1.165) is 29.1 Å². The maximum atomic E-state index is 4.82. The van der Waals surface area contributed by atoms with Crippen molar-refractivity contribution in [2.24, 2.45) is 0 Å². The topological polar surface area (TPSA) is 28.2 Å². The Morgan fingerprint density at radius 1 is 1.42 bits per heavy atom. The number of nitrogens with zero attached hydrogens (tertiary/aromatic N) is 2. The zero-order chi connectivity index (χ0) is 13.2. The number of hydrogen-bond donors (Lipinski definition) is 1. The van der Waals surface area contributed by atoms with Gasteiger partial charge in [0, 0.05) is 35.1 Å². The van der Waals surface area contributed by atoms with E-state index in [0.29, 0.717) is 6.04 Å². The minimum atomic E-state index is 0.390. The lowest BCUT2D eigenvalue weighted by atomic mass is 10.1. The van der Waals surface area contributed by atoms with Crippen LogP contribution in [0.5, 0.6) is 0 Å². The highest BCUT2D eigenvalue weighted by Gasteiger charge is 2.23. The second-order valence-electron chi connectivity index (χ2n) is 4.76. The van der Waals surface area contributed by atoms with Crippen molar-refractivity contribution < 1.29 is 0 Å². The number of nitrogens with one attached hydrogen (secondary N) is 1. The number of likely N-dealkylation sites (N-methyl/N-ethyl adjacent to an activating group) is 1. The van der Waals surface area contributed by atoms with Crippen LogP contribution in [0.25, 0.3) is 10.6 Å². The molecule has 0 aliphatic carbocycles. The smallest absolute Gasteiger partial charge is 0.124 e. The molecule has 1 N–H and O–H groups in total. The third kappa shape index (κ3) is 2.74. The molecule has 5 heteroatoms. The van der Waals surface area contributed by atoms with Crippen molar-refractivity contribution in [2.45, 2.75) is 6.04 Å². The van der Waals surface area contributed by atoms with Crippen molar-refractivity contribution >= 4 is 27.3 Å². The minimum Gasteiger partial charge on any atom is -0.313 e. The second kappa shape index (κ2) is 5.71. The van der Waals surface area contributed by atoms with Crippen molar-refractivity contribution in [3.63, 3.8) is 0 Å². The second-order valence-corrected chi connectivity index (χ2v) is 6.47. The first-order valence-corrected chi connectivity index (χ1v) is 8.04. The highest BCUT2D eigenvalue weighted by atomic mass is 79.9. The average molecular weight is 338 g/mol. The predicted octanol–water partition coefficient (Wildman–Crippen LogP) is 3.15. The normalized spacial score (nSPS) is 20.6. The van der Waals surface area contributed by atoms with Crippen molar-refractivity contribution in [1.29, 1.82) is 0 Å². The number of rotatable bonds is 2. The molecule has 1 saturated heterocycles. The molecule has 1 aliphatic rings. The van der Waals surface area contributed by atoms with Gasteiger partial charge in [0.2, 0.25) is 0 Å². The van der Waals surface area contributed by atoms with Crippen LogP contribution in [0, 0.1) is 0 Å². The van der Waals surface area contributed by atoms with E-state index >= 15 is 0 Å². The molecule has 19 heavy (non-hydrogen) atoms. The van der Waals surface area contributed by atoms with Gasteiger partial charge in [0.25, 0.3) is 0 Å². The van der Waals surface area contributed by atoms with E-state index in [4.69, 9.17) is 4.98 Å². The van der Waals surface area contributed by atoms with Gasteiger partial charge >= 0.3 is 0 Å². The SMILES string of the molecule is CN1CCNCC1c1csc(-c2ccccc2Br)n1. The Balaban J connectivity index is 1.89. The molecule has 0 saturated carbocycles. The van der Waals surface area contributed by atoms with Crippen LogP contribution in [0.3, 0.4) is 0 Å². The van der Waals surface area contributed by atoms with Gasteiger partial charge in [-0.2, -0.15) is 0 Å². The molecule has 0 bridgehead atoms. The van der Waals surface area contributed by atoms with Gasteiger partial charge in [-0.25, -0.2) is 4.98 Å². The van der Waals surface area contributed by atoms with Crippen LogP contribution in [-0.2, 0) is 0 Å². The van der Waals surface area contributed by atoms with Gasteiger partial charge in [-0.15, -0.1) is 11.3 Å². The van der Waals surface area contributed by atoms with E-state index in [2.05, 4.69) is 56.8 Å². The summed E-state index contributed by atoms with van der Waals surface area (Å²) >= 11 is 5.31. The maximum absolute atomic E-state index is 4.82.